The Morgan fingerprint density at radius 1 is 1.04 bits per heavy atom. The minimum atomic E-state index is -0.144. The number of hydrazine groups is 1. The van der Waals surface area contributed by atoms with Gasteiger partial charge in [-0.2, -0.15) is 0 Å². The molecule has 0 bridgehead atoms. The van der Waals surface area contributed by atoms with Crippen LogP contribution < -0.4 is 25.6 Å². The molecule has 3 N–H and O–H groups in total. The molecule has 2 aromatic rings. The molecule has 2 rings (SSSR count). The van der Waals surface area contributed by atoms with Crippen LogP contribution in [-0.2, 0) is 11.2 Å². The lowest BCUT2D eigenvalue weighted by molar-refractivity contribution is -0.121. The lowest BCUT2D eigenvalue weighted by Crippen LogP contribution is -2.43. The minimum Gasteiger partial charge on any atom is -0.497 e. The zero-order valence-corrected chi connectivity index (χ0v) is 15.0. The van der Waals surface area contributed by atoms with E-state index in [1.54, 1.807) is 32.4 Å². The van der Waals surface area contributed by atoms with Crippen LogP contribution in [0.3, 0.4) is 0 Å². The summed E-state index contributed by atoms with van der Waals surface area (Å²) in [6.07, 6.45) is 1.03. The molecule has 0 aliphatic rings. The Morgan fingerprint density at radius 2 is 1.80 bits per heavy atom. The zero-order chi connectivity index (χ0) is 18.1. The predicted molar refractivity (Wildman–Crippen MR) is 102 cm³/mol. The highest BCUT2D eigenvalue weighted by Crippen LogP contribution is 2.28. The molecule has 132 valence electrons. The van der Waals surface area contributed by atoms with Crippen molar-refractivity contribution in [2.24, 2.45) is 0 Å². The second kappa shape index (κ2) is 9.48. The summed E-state index contributed by atoms with van der Waals surface area (Å²) in [4.78, 5) is 11.9. The molecule has 7 heteroatoms. The molecule has 1 amide bonds. The predicted octanol–water partition coefficient (Wildman–Crippen LogP) is 2.65. The van der Waals surface area contributed by atoms with Crippen molar-refractivity contribution in [1.82, 2.24) is 10.9 Å². The number of ether oxygens (including phenoxy) is 2. The molecular weight excluding hydrogens is 338 g/mol. The first-order chi connectivity index (χ1) is 12.1. The monoisotopic (exact) mass is 359 g/mol. The molecule has 2 aromatic carbocycles. The number of hydrogen-bond acceptors (Lipinski definition) is 4. The van der Waals surface area contributed by atoms with E-state index in [2.05, 4.69) is 16.2 Å². The number of methoxy groups -OCH3 is 2. The molecule has 0 saturated carbocycles. The third-order valence-electron chi connectivity index (χ3n) is 3.46. The summed E-state index contributed by atoms with van der Waals surface area (Å²) in [5.41, 5.74) is 7.03. The standard InChI is InChI=1S/C18H21N3O3S/c1-23-14-9-10-15(16(12-14)24-2)19-18(25)21-20-17(22)11-8-13-6-4-3-5-7-13/h3-7,9-10,12H,8,11H2,1-2H3,(H,20,22)(H2,19,21,25). The molecule has 0 fully saturated rings. The molecule has 0 atom stereocenters. The maximum Gasteiger partial charge on any atom is 0.238 e. The maximum absolute atomic E-state index is 11.9. The molecule has 0 radical (unpaired) electrons. The number of benzene rings is 2. The summed E-state index contributed by atoms with van der Waals surface area (Å²) in [5.74, 6) is 1.11. The van der Waals surface area contributed by atoms with Crippen molar-refractivity contribution >= 4 is 28.9 Å². The summed E-state index contributed by atoms with van der Waals surface area (Å²) in [6, 6.07) is 15.1. The van der Waals surface area contributed by atoms with Gasteiger partial charge in [0.05, 0.1) is 19.9 Å². The molecule has 0 aromatic heterocycles. The van der Waals surface area contributed by atoms with Gasteiger partial charge in [0.15, 0.2) is 5.11 Å². The van der Waals surface area contributed by atoms with E-state index in [9.17, 15) is 4.79 Å². The van der Waals surface area contributed by atoms with Crippen molar-refractivity contribution in [2.75, 3.05) is 19.5 Å². The summed E-state index contributed by atoms with van der Waals surface area (Å²) < 4.78 is 10.4. The normalized spacial score (nSPS) is 9.84. The van der Waals surface area contributed by atoms with Crippen LogP contribution in [0, 0.1) is 0 Å². The fourth-order valence-electron chi connectivity index (χ4n) is 2.15. The highest BCUT2D eigenvalue weighted by atomic mass is 32.1. The van der Waals surface area contributed by atoms with E-state index >= 15 is 0 Å². The Bertz CT molecular complexity index is 723. The SMILES string of the molecule is COc1ccc(NC(=S)NNC(=O)CCc2ccccc2)c(OC)c1. The van der Waals surface area contributed by atoms with Gasteiger partial charge in [0.1, 0.15) is 11.5 Å². The van der Waals surface area contributed by atoms with Crippen LogP contribution in [0.4, 0.5) is 5.69 Å². The van der Waals surface area contributed by atoms with Gasteiger partial charge in [0.2, 0.25) is 5.91 Å². The number of thiocarbonyl (C=S) groups is 1. The van der Waals surface area contributed by atoms with Crippen LogP contribution >= 0.6 is 12.2 Å². The zero-order valence-electron chi connectivity index (χ0n) is 14.2. The van der Waals surface area contributed by atoms with Gasteiger partial charge in [0, 0.05) is 12.5 Å². The Kier molecular flexibility index (Phi) is 7.03. The fourth-order valence-corrected chi connectivity index (χ4v) is 2.31. The van der Waals surface area contributed by atoms with Crippen molar-refractivity contribution in [3.05, 3.63) is 54.1 Å². The Hall–Kier alpha value is -2.80. The van der Waals surface area contributed by atoms with Crippen LogP contribution in [0.2, 0.25) is 0 Å². The van der Waals surface area contributed by atoms with Crippen molar-refractivity contribution < 1.29 is 14.3 Å². The van der Waals surface area contributed by atoms with Crippen LogP contribution in [-0.4, -0.2) is 25.2 Å². The molecular formula is C18H21N3O3S. The van der Waals surface area contributed by atoms with E-state index in [0.717, 1.165) is 5.56 Å². The van der Waals surface area contributed by atoms with Gasteiger partial charge in [-0.25, -0.2) is 0 Å². The van der Waals surface area contributed by atoms with Gasteiger partial charge in [-0.05, 0) is 36.3 Å². The fraction of sp³-hybridized carbons (Fsp3) is 0.222. The molecule has 0 saturated heterocycles. The highest BCUT2D eigenvalue weighted by molar-refractivity contribution is 7.80. The topological polar surface area (TPSA) is 71.6 Å². The second-order valence-electron chi connectivity index (χ2n) is 5.18. The van der Waals surface area contributed by atoms with Crippen molar-refractivity contribution in [2.45, 2.75) is 12.8 Å². The summed E-state index contributed by atoms with van der Waals surface area (Å²) >= 11 is 5.18. The van der Waals surface area contributed by atoms with Crippen molar-refractivity contribution in [1.29, 1.82) is 0 Å². The van der Waals surface area contributed by atoms with Crippen LogP contribution in [0.1, 0.15) is 12.0 Å². The average molecular weight is 359 g/mol. The van der Waals surface area contributed by atoms with E-state index in [0.29, 0.717) is 30.0 Å². The van der Waals surface area contributed by atoms with Gasteiger partial charge in [0.25, 0.3) is 0 Å². The Labute approximate surface area is 152 Å². The Balaban J connectivity index is 1.79. The van der Waals surface area contributed by atoms with Gasteiger partial charge >= 0.3 is 0 Å². The lowest BCUT2D eigenvalue weighted by Gasteiger charge is -2.14. The number of anilines is 1. The third kappa shape index (κ3) is 5.96. The smallest absolute Gasteiger partial charge is 0.238 e. The van der Waals surface area contributed by atoms with Crippen molar-refractivity contribution in [3.8, 4) is 11.5 Å². The number of hydrogen-bond donors (Lipinski definition) is 3. The van der Waals surface area contributed by atoms with Gasteiger partial charge in [-0.3, -0.25) is 15.6 Å². The molecule has 0 unspecified atom stereocenters. The van der Waals surface area contributed by atoms with E-state index in [-0.39, 0.29) is 11.0 Å². The molecule has 0 heterocycles. The highest BCUT2D eigenvalue weighted by Gasteiger charge is 2.08. The molecule has 0 aliphatic heterocycles. The molecule has 6 nitrogen and oxygen atoms in total. The first kappa shape index (κ1) is 18.5. The maximum atomic E-state index is 11.9. The first-order valence-corrected chi connectivity index (χ1v) is 8.15. The van der Waals surface area contributed by atoms with E-state index in [4.69, 9.17) is 21.7 Å². The number of nitrogens with one attached hydrogen (secondary N) is 3. The van der Waals surface area contributed by atoms with Crippen molar-refractivity contribution in [3.63, 3.8) is 0 Å². The molecule has 0 aliphatic carbocycles. The van der Waals surface area contributed by atoms with E-state index < -0.39 is 0 Å². The third-order valence-corrected chi connectivity index (χ3v) is 3.66. The van der Waals surface area contributed by atoms with Crippen LogP contribution in [0.15, 0.2) is 48.5 Å². The van der Waals surface area contributed by atoms with E-state index in [1.165, 1.54) is 0 Å². The average Bonchev–Trinajstić information content (AvgIpc) is 2.65. The quantitative estimate of drug-likeness (QED) is 0.544. The number of rotatable bonds is 6. The summed E-state index contributed by atoms with van der Waals surface area (Å²) in [5, 5.41) is 3.23. The number of carbonyl (C=O) groups excluding carboxylic acids is 1. The molecule has 0 spiro atoms. The number of carbonyl (C=O) groups is 1. The number of aryl methyl sites for hydroxylation is 1. The first-order valence-electron chi connectivity index (χ1n) is 7.74. The van der Waals surface area contributed by atoms with E-state index in [1.807, 2.05) is 30.3 Å². The van der Waals surface area contributed by atoms with Crippen LogP contribution in [0.5, 0.6) is 11.5 Å². The summed E-state index contributed by atoms with van der Waals surface area (Å²) in [6.45, 7) is 0. The van der Waals surface area contributed by atoms with Gasteiger partial charge in [-0.15, -0.1) is 0 Å². The van der Waals surface area contributed by atoms with Gasteiger partial charge < -0.3 is 14.8 Å². The number of amides is 1. The largest absolute Gasteiger partial charge is 0.497 e. The minimum absolute atomic E-state index is 0.144. The van der Waals surface area contributed by atoms with Gasteiger partial charge in [-0.1, -0.05) is 30.3 Å². The van der Waals surface area contributed by atoms with Crippen LogP contribution in [0.25, 0.3) is 0 Å². The lowest BCUT2D eigenvalue weighted by atomic mass is 10.1. The Morgan fingerprint density at radius 3 is 2.48 bits per heavy atom. The summed E-state index contributed by atoms with van der Waals surface area (Å²) in [7, 11) is 3.14. The molecule has 25 heavy (non-hydrogen) atoms. The second-order valence-corrected chi connectivity index (χ2v) is 5.59.